The summed E-state index contributed by atoms with van der Waals surface area (Å²) >= 11 is 0. The molecule has 0 N–H and O–H groups in total. The molecule has 0 unspecified atom stereocenters. The Bertz CT molecular complexity index is 903. The molecular formula is C28H43NaO3S. The molecule has 0 heterocycles. The molecule has 0 bridgehead atoms. The zero-order valence-corrected chi connectivity index (χ0v) is 24.1. The summed E-state index contributed by atoms with van der Waals surface area (Å²) in [5.74, 6) is 0. The third-order valence-electron chi connectivity index (χ3n) is 6.49. The van der Waals surface area contributed by atoms with Gasteiger partial charge in [-0.1, -0.05) is 115 Å². The summed E-state index contributed by atoms with van der Waals surface area (Å²) in [5.41, 5.74) is 1.82. The number of hydrogen-bond acceptors (Lipinski definition) is 3. The van der Waals surface area contributed by atoms with Gasteiger partial charge < -0.3 is 4.55 Å². The molecule has 0 aliphatic rings. The second-order valence-corrected chi connectivity index (χ2v) is 10.6. The van der Waals surface area contributed by atoms with E-state index in [2.05, 4.69) is 19.9 Å². The van der Waals surface area contributed by atoms with E-state index in [1.807, 2.05) is 24.3 Å². The molecule has 2 aromatic rings. The fraction of sp³-hybridized carbons (Fsp3) is 0.643. The summed E-state index contributed by atoms with van der Waals surface area (Å²) in [7, 11) is -4.52. The van der Waals surface area contributed by atoms with Gasteiger partial charge in [-0.05, 0) is 53.6 Å². The molecule has 0 aliphatic carbocycles. The first-order valence-corrected chi connectivity index (χ1v) is 14.4. The van der Waals surface area contributed by atoms with Gasteiger partial charge >= 0.3 is 29.6 Å². The van der Waals surface area contributed by atoms with Crippen LogP contribution in [0.3, 0.4) is 0 Å². The number of unbranched alkanes of at least 4 members (excludes halogenated alkanes) is 12. The van der Waals surface area contributed by atoms with Crippen molar-refractivity contribution in [3.05, 3.63) is 41.5 Å². The number of hydrogen-bond donors (Lipinski definition) is 0. The van der Waals surface area contributed by atoms with Crippen LogP contribution in [0, 0.1) is 0 Å². The van der Waals surface area contributed by atoms with E-state index in [-0.39, 0.29) is 34.5 Å². The number of fused-ring (bicyclic) bond motifs is 1. The zero-order chi connectivity index (χ0) is 23.2. The van der Waals surface area contributed by atoms with E-state index in [0.717, 1.165) is 36.6 Å². The van der Waals surface area contributed by atoms with Crippen LogP contribution in [0.1, 0.15) is 115 Å². The quantitative estimate of drug-likeness (QED) is 0.174. The molecule has 0 radical (unpaired) electrons. The minimum Gasteiger partial charge on any atom is -0.744 e. The molecule has 33 heavy (non-hydrogen) atoms. The Balaban J connectivity index is 0.00000544. The maximum absolute atomic E-state index is 12.2. The molecular weight excluding hydrogens is 439 g/mol. The maximum atomic E-state index is 12.2. The molecule has 0 amide bonds. The summed E-state index contributed by atoms with van der Waals surface area (Å²) in [4.78, 5) is 0.0161. The third-order valence-corrected chi connectivity index (χ3v) is 7.47. The van der Waals surface area contributed by atoms with Crippen LogP contribution in [0.4, 0.5) is 0 Å². The Morgan fingerprint density at radius 1 is 0.667 bits per heavy atom. The van der Waals surface area contributed by atoms with E-state index >= 15 is 0 Å². The van der Waals surface area contributed by atoms with Crippen molar-refractivity contribution in [2.45, 2.75) is 121 Å². The molecule has 180 valence electrons. The second-order valence-electron chi connectivity index (χ2n) is 9.31. The van der Waals surface area contributed by atoms with Crippen LogP contribution in [-0.4, -0.2) is 13.0 Å². The molecule has 0 saturated carbocycles. The van der Waals surface area contributed by atoms with Crippen LogP contribution in [0.5, 0.6) is 0 Å². The summed E-state index contributed by atoms with van der Waals surface area (Å²) in [6.07, 6.45) is 18.6. The van der Waals surface area contributed by atoms with Crippen LogP contribution in [0.15, 0.2) is 35.2 Å². The van der Waals surface area contributed by atoms with Gasteiger partial charge in [0.25, 0.3) is 0 Å². The van der Waals surface area contributed by atoms with Crippen molar-refractivity contribution in [3.63, 3.8) is 0 Å². The predicted octanol–water partition coefficient (Wildman–Crippen LogP) is 5.33. The standard InChI is InChI=1S/C28H44O3S.Na/c1-3-5-7-9-11-13-15-17-24-19-20-25-21-22-26(18-16-14-12-10-8-6-4-2)28(27(25)23-24)32(29,30)31;/h19-23H,3-18H2,1-2H3,(H,29,30,31);/q;+1/p-1. The smallest absolute Gasteiger partial charge is 0.744 e. The summed E-state index contributed by atoms with van der Waals surface area (Å²) in [6.45, 7) is 4.45. The van der Waals surface area contributed by atoms with Crippen molar-refractivity contribution in [3.8, 4) is 0 Å². The van der Waals surface area contributed by atoms with Crippen molar-refractivity contribution >= 4 is 20.9 Å². The van der Waals surface area contributed by atoms with E-state index in [9.17, 15) is 13.0 Å². The summed E-state index contributed by atoms with van der Waals surface area (Å²) in [5, 5.41) is 1.45. The minimum atomic E-state index is -4.52. The third kappa shape index (κ3) is 11.3. The summed E-state index contributed by atoms with van der Waals surface area (Å²) < 4.78 is 36.6. The van der Waals surface area contributed by atoms with Crippen LogP contribution >= 0.6 is 0 Å². The van der Waals surface area contributed by atoms with Crippen molar-refractivity contribution < 1.29 is 42.5 Å². The van der Waals surface area contributed by atoms with Gasteiger partial charge in [0.05, 0.1) is 4.90 Å². The average molecular weight is 483 g/mol. The molecule has 0 aliphatic heterocycles. The van der Waals surface area contributed by atoms with E-state index < -0.39 is 10.1 Å². The maximum Gasteiger partial charge on any atom is 1.00 e. The van der Waals surface area contributed by atoms with Crippen molar-refractivity contribution in [1.82, 2.24) is 0 Å². The van der Waals surface area contributed by atoms with Gasteiger partial charge in [-0.2, -0.15) is 0 Å². The van der Waals surface area contributed by atoms with Gasteiger partial charge in [-0.3, -0.25) is 0 Å². The Morgan fingerprint density at radius 2 is 1.15 bits per heavy atom. The molecule has 0 atom stereocenters. The normalized spacial score (nSPS) is 11.6. The molecule has 2 rings (SSSR count). The van der Waals surface area contributed by atoms with E-state index in [0.29, 0.717) is 17.4 Å². The van der Waals surface area contributed by atoms with Gasteiger partial charge in [0.2, 0.25) is 0 Å². The van der Waals surface area contributed by atoms with E-state index in [4.69, 9.17) is 0 Å². The SMILES string of the molecule is CCCCCCCCCc1ccc2ccc(CCCCCCCCC)c(S(=O)(=O)[O-])c2c1.[Na+]. The van der Waals surface area contributed by atoms with Gasteiger partial charge in [0, 0.05) is 0 Å². The largest absolute Gasteiger partial charge is 1.00 e. The second kappa shape index (κ2) is 17.1. The molecule has 0 saturated heterocycles. The van der Waals surface area contributed by atoms with Crippen molar-refractivity contribution in [2.24, 2.45) is 0 Å². The van der Waals surface area contributed by atoms with Crippen LogP contribution in [-0.2, 0) is 23.0 Å². The molecule has 5 heteroatoms. The Hall–Kier alpha value is -0.390. The Labute approximate surface area is 225 Å². The van der Waals surface area contributed by atoms with Crippen molar-refractivity contribution in [1.29, 1.82) is 0 Å². The van der Waals surface area contributed by atoms with Gasteiger partial charge in [-0.15, -0.1) is 0 Å². The summed E-state index contributed by atoms with van der Waals surface area (Å²) in [6, 6.07) is 9.82. The number of aryl methyl sites for hydroxylation is 2. The monoisotopic (exact) mass is 482 g/mol. The van der Waals surface area contributed by atoms with E-state index in [1.54, 1.807) is 0 Å². The van der Waals surface area contributed by atoms with Gasteiger partial charge in [0.1, 0.15) is 10.1 Å². The zero-order valence-electron chi connectivity index (χ0n) is 21.3. The first-order chi connectivity index (χ1) is 15.5. The fourth-order valence-corrected chi connectivity index (χ4v) is 5.53. The molecule has 0 aromatic heterocycles. The van der Waals surface area contributed by atoms with Crippen LogP contribution in [0.2, 0.25) is 0 Å². The van der Waals surface area contributed by atoms with Crippen molar-refractivity contribution in [2.75, 3.05) is 0 Å². The van der Waals surface area contributed by atoms with Gasteiger partial charge in [-0.25, -0.2) is 8.42 Å². The van der Waals surface area contributed by atoms with Crippen LogP contribution in [0.25, 0.3) is 10.8 Å². The first-order valence-electron chi connectivity index (χ1n) is 13.0. The fourth-order valence-electron chi connectivity index (χ4n) is 4.59. The molecule has 2 aromatic carbocycles. The number of rotatable bonds is 17. The molecule has 0 spiro atoms. The first kappa shape index (κ1) is 30.6. The van der Waals surface area contributed by atoms with Gasteiger partial charge in [0.15, 0.2) is 0 Å². The Morgan fingerprint density at radius 3 is 1.70 bits per heavy atom. The molecule has 3 nitrogen and oxygen atoms in total. The average Bonchev–Trinajstić information content (AvgIpc) is 2.76. The van der Waals surface area contributed by atoms with E-state index in [1.165, 1.54) is 70.6 Å². The molecule has 0 fully saturated rings. The topological polar surface area (TPSA) is 57.2 Å². The number of benzene rings is 2. The van der Waals surface area contributed by atoms with Crippen LogP contribution < -0.4 is 29.6 Å². The Kier molecular flexibility index (Phi) is 15.9. The minimum absolute atomic E-state index is 0. The predicted molar refractivity (Wildman–Crippen MR) is 135 cm³/mol.